The molecule has 6 heteroatoms. The number of aromatic nitrogens is 2. The van der Waals surface area contributed by atoms with E-state index in [0.717, 1.165) is 21.9 Å². The fraction of sp³-hybridized carbons (Fsp3) is 0.0909. The van der Waals surface area contributed by atoms with Crippen LogP contribution in [0.4, 0.5) is 0 Å². The first kappa shape index (κ1) is 18.2. The first-order chi connectivity index (χ1) is 13.7. The number of rotatable bonds is 5. The van der Waals surface area contributed by atoms with E-state index < -0.39 is 0 Å². The number of halogens is 1. The molecule has 0 unspecified atom stereocenters. The number of nitrogens with two attached hydrogens (primary N) is 1. The number of nitrogens with zero attached hydrogens (tertiary/aromatic N) is 2. The quantitative estimate of drug-likeness (QED) is 0.549. The van der Waals surface area contributed by atoms with Crippen LogP contribution in [0.5, 0.6) is 11.5 Å². The highest BCUT2D eigenvalue weighted by Crippen LogP contribution is 2.25. The molecule has 3 aromatic carbocycles. The van der Waals surface area contributed by atoms with Crippen molar-refractivity contribution in [1.29, 1.82) is 0 Å². The van der Waals surface area contributed by atoms with Crippen LogP contribution in [0.25, 0.3) is 10.8 Å². The monoisotopic (exact) mass is 391 g/mol. The second kappa shape index (κ2) is 7.84. The van der Waals surface area contributed by atoms with Crippen LogP contribution in [0.15, 0.2) is 77.7 Å². The summed E-state index contributed by atoms with van der Waals surface area (Å²) < 4.78 is 7.12. The summed E-state index contributed by atoms with van der Waals surface area (Å²) in [5, 5.41) is 6.54. The number of hydrogen-bond acceptors (Lipinski definition) is 4. The summed E-state index contributed by atoms with van der Waals surface area (Å²) in [5.74, 6) is 0.566. The molecule has 0 aliphatic carbocycles. The zero-order valence-corrected chi connectivity index (χ0v) is 15.8. The van der Waals surface area contributed by atoms with E-state index in [4.69, 9.17) is 22.1 Å². The van der Waals surface area contributed by atoms with Crippen molar-refractivity contribution >= 4 is 22.4 Å². The van der Waals surface area contributed by atoms with Gasteiger partial charge < -0.3 is 10.5 Å². The van der Waals surface area contributed by atoms with Gasteiger partial charge in [0.1, 0.15) is 10.8 Å². The van der Waals surface area contributed by atoms with Crippen molar-refractivity contribution in [3.63, 3.8) is 0 Å². The molecule has 0 bridgehead atoms. The Morgan fingerprint density at radius 1 is 1.00 bits per heavy atom. The van der Waals surface area contributed by atoms with Gasteiger partial charge in [-0.25, -0.2) is 4.68 Å². The maximum atomic E-state index is 12.9. The molecule has 0 aliphatic rings. The molecule has 0 fully saturated rings. The van der Waals surface area contributed by atoms with Gasteiger partial charge in [-0.2, -0.15) is 5.10 Å². The molecule has 0 atom stereocenters. The summed E-state index contributed by atoms with van der Waals surface area (Å²) in [7, 11) is 0. The Morgan fingerprint density at radius 3 is 2.54 bits per heavy atom. The van der Waals surface area contributed by atoms with Crippen LogP contribution in [0.2, 0.25) is 5.02 Å². The van der Waals surface area contributed by atoms with Crippen molar-refractivity contribution in [2.75, 3.05) is 0 Å². The third kappa shape index (κ3) is 3.63. The minimum atomic E-state index is -0.386. The predicted molar refractivity (Wildman–Crippen MR) is 111 cm³/mol. The molecule has 4 aromatic rings. The molecule has 0 saturated heterocycles. The van der Waals surface area contributed by atoms with E-state index in [9.17, 15) is 4.79 Å². The zero-order valence-electron chi connectivity index (χ0n) is 15.0. The van der Waals surface area contributed by atoms with Gasteiger partial charge in [-0.15, -0.1) is 0 Å². The third-order valence-electron chi connectivity index (χ3n) is 4.54. The summed E-state index contributed by atoms with van der Waals surface area (Å²) in [6, 6.07) is 21.2. The molecule has 1 heterocycles. The van der Waals surface area contributed by atoms with Crippen molar-refractivity contribution in [2.45, 2.75) is 13.1 Å². The van der Waals surface area contributed by atoms with Crippen molar-refractivity contribution in [3.05, 3.63) is 99.4 Å². The van der Waals surface area contributed by atoms with Gasteiger partial charge in [-0.05, 0) is 34.0 Å². The first-order valence-corrected chi connectivity index (χ1v) is 9.22. The summed E-state index contributed by atoms with van der Waals surface area (Å²) in [6.45, 7) is 0.758. The molecule has 28 heavy (non-hydrogen) atoms. The minimum absolute atomic E-state index is 0.0531. The largest absolute Gasteiger partial charge is 0.450 e. The van der Waals surface area contributed by atoms with Crippen LogP contribution in [0, 0.1) is 0 Å². The molecular formula is C22H18ClN3O2. The second-order valence-electron chi connectivity index (χ2n) is 6.37. The Hall–Kier alpha value is -3.15. The van der Waals surface area contributed by atoms with Gasteiger partial charge in [0, 0.05) is 6.54 Å². The molecule has 140 valence electrons. The number of ether oxygens (including phenoxy) is 1. The average molecular weight is 392 g/mol. The van der Waals surface area contributed by atoms with E-state index in [2.05, 4.69) is 5.10 Å². The van der Waals surface area contributed by atoms with Gasteiger partial charge in [0.25, 0.3) is 0 Å². The van der Waals surface area contributed by atoms with Crippen molar-refractivity contribution in [1.82, 2.24) is 9.78 Å². The Bertz CT molecular complexity index is 1180. The Morgan fingerprint density at radius 2 is 1.75 bits per heavy atom. The maximum absolute atomic E-state index is 12.9. The molecule has 4 rings (SSSR count). The van der Waals surface area contributed by atoms with E-state index in [1.807, 2.05) is 54.6 Å². The van der Waals surface area contributed by atoms with E-state index in [1.54, 1.807) is 12.1 Å². The van der Waals surface area contributed by atoms with Crippen LogP contribution in [0.1, 0.15) is 11.1 Å². The van der Waals surface area contributed by atoms with Crippen molar-refractivity contribution in [3.8, 4) is 11.5 Å². The lowest BCUT2D eigenvalue weighted by molar-refractivity contribution is 0.459. The van der Waals surface area contributed by atoms with Gasteiger partial charge in [-0.1, -0.05) is 66.2 Å². The summed E-state index contributed by atoms with van der Waals surface area (Å²) in [6.07, 6.45) is 1.43. The van der Waals surface area contributed by atoms with Gasteiger partial charge in [0.15, 0.2) is 0 Å². The highest BCUT2D eigenvalue weighted by atomic mass is 35.5. The van der Waals surface area contributed by atoms with E-state index in [0.29, 0.717) is 18.8 Å². The lowest BCUT2D eigenvalue weighted by Gasteiger charge is -2.11. The zero-order chi connectivity index (χ0) is 19.5. The van der Waals surface area contributed by atoms with Crippen LogP contribution >= 0.6 is 11.6 Å². The maximum Gasteiger partial charge on any atom is 0.311 e. The molecule has 0 radical (unpaired) electrons. The fourth-order valence-electron chi connectivity index (χ4n) is 3.06. The highest BCUT2D eigenvalue weighted by Gasteiger charge is 2.14. The predicted octanol–water partition coefficient (Wildman–Crippen LogP) is 4.35. The average Bonchev–Trinajstić information content (AvgIpc) is 2.74. The van der Waals surface area contributed by atoms with Crippen LogP contribution in [-0.4, -0.2) is 9.78 Å². The van der Waals surface area contributed by atoms with Gasteiger partial charge in [0.2, 0.25) is 5.75 Å². The lowest BCUT2D eigenvalue weighted by Crippen LogP contribution is -2.24. The molecule has 0 saturated carbocycles. The van der Waals surface area contributed by atoms with Crippen LogP contribution < -0.4 is 16.0 Å². The molecular weight excluding hydrogens is 374 g/mol. The molecule has 2 N–H and O–H groups in total. The highest BCUT2D eigenvalue weighted by molar-refractivity contribution is 6.31. The molecule has 0 amide bonds. The van der Waals surface area contributed by atoms with Crippen molar-refractivity contribution in [2.24, 2.45) is 5.73 Å². The molecule has 5 nitrogen and oxygen atoms in total. The lowest BCUT2D eigenvalue weighted by atomic mass is 10.0. The van der Waals surface area contributed by atoms with Crippen LogP contribution in [0.3, 0.4) is 0 Å². The molecule has 1 aromatic heterocycles. The Labute approximate surface area is 166 Å². The smallest absolute Gasteiger partial charge is 0.311 e. The van der Waals surface area contributed by atoms with Gasteiger partial charge >= 0.3 is 5.56 Å². The standard InChI is InChI=1S/C22H18ClN3O2/c23-20-13-25-26(14-17-6-3-5-16-4-1-2-7-19(16)17)22(27)21(20)28-18-10-8-15(12-24)9-11-18/h1-11,13H,12,14,24H2. The summed E-state index contributed by atoms with van der Waals surface area (Å²) in [4.78, 5) is 12.9. The van der Waals surface area contributed by atoms with Gasteiger partial charge in [-0.3, -0.25) is 4.79 Å². The fourth-order valence-corrected chi connectivity index (χ4v) is 3.22. The van der Waals surface area contributed by atoms with Crippen LogP contribution in [-0.2, 0) is 13.1 Å². The third-order valence-corrected chi connectivity index (χ3v) is 4.80. The number of benzene rings is 3. The van der Waals surface area contributed by atoms with Crippen molar-refractivity contribution < 1.29 is 4.74 Å². The summed E-state index contributed by atoms with van der Waals surface area (Å²) >= 11 is 6.19. The van der Waals surface area contributed by atoms with Gasteiger partial charge in [0.05, 0.1) is 12.7 Å². The Balaban J connectivity index is 1.69. The minimum Gasteiger partial charge on any atom is -0.450 e. The SMILES string of the molecule is NCc1ccc(Oc2c(Cl)cnn(Cc3cccc4ccccc34)c2=O)cc1. The molecule has 0 spiro atoms. The Kier molecular flexibility index (Phi) is 5.10. The van der Waals surface area contributed by atoms with E-state index >= 15 is 0 Å². The summed E-state index contributed by atoms with van der Waals surface area (Å²) in [5.41, 5.74) is 7.19. The second-order valence-corrected chi connectivity index (χ2v) is 6.78. The number of fused-ring (bicyclic) bond motifs is 1. The topological polar surface area (TPSA) is 70.1 Å². The van der Waals surface area contributed by atoms with E-state index in [-0.39, 0.29) is 16.3 Å². The molecule has 0 aliphatic heterocycles. The number of hydrogen-bond donors (Lipinski definition) is 1. The normalized spacial score (nSPS) is 10.9. The van der Waals surface area contributed by atoms with E-state index in [1.165, 1.54) is 10.9 Å². The first-order valence-electron chi connectivity index (χ1n) is 8.85.